The van der Waals surface area contributed by atoms with E-state index < -0.39 is 18.3 Å². The molecule has 4 heteroatoms. The highest BCUT2D eigenvalue weighted by Gasteiger charge is 2.52. The van der Waals surface area contributed by atoms with Gasteiger partial charge >= 0.3 is 7.12 Å². The largest absolute Gasteiger partial charge is 0.497 e. The summed E-state index contributed by atoms with van der Waals surface area (Å²) in [6.07, 6.45) is 0.826. The van der Waals surface area contributed by atoms with Crippen molar-refractivity contribution in [3.8, 4) is 0 Å². The predicted molar refractivity (Wildman–Crippen MR) is 76.2 cm³/mol. The summed E-state index contributed by atoms with van der Waals surface area (Å²) in [4.78, 5) is 0. The molecule has 0 amide bonds. The van der Waals surface area contributed by atoms with Crippen molar-refractivity contribution in [1.29, 1.82) is 0 Å². The summed E-state index contributed by atoms with van der Waals surface area (Å²) in [7, 11) is -0.630. The second-order valence-electron chi connectivity index (χ2n) is 6.24. The monoisotopic (exact) mass is 264 g/mol. The van der Waals surface area contributed by atoms with E-state index in [4.69, 9.17) is 9.31 Å². The highest BCUT2D eigenvalue weighted by molar-refractivity contribution is 6.62. The molecule has 0 radical (unpaired) electrons. The lowest BCUT2D eigenvalue weighted by Crippen LogP contribution is -2.41. The standard InChI is InChI=1S/C15H22BFO2/c1-7-11-9-13(17)12(8-10(11)2)16-18-14(3,4)15(5,6)19-16/h8-9H,7H2,1-6H3. The number of hydrogen-bond donors (Lipinski definition) is 0. The molecule has 0 aliphatic carbocycles. The Hall–Kier alpha value is -0.865. The van der Waals surface area contributed by atoms with Crippen LogP contribution in [0.3, 0.4) is 0 Å². The molecule has 1 aromatic rings. The molecule has 19 heavy (non-hydrogen) atoms. The Kier molecular flexibility index (Phi) is 3.52. The van der Waals surface area contributed by atoms with Crippen LogP contribution in [0.2, 0.25) is 0 Å². The maximum absolute atomic E-state index is 14.2. The Bertz CT molecular complexity index is 481. The van der Waals surface area contributed by atoms with E-state index in [0.29, 0.717) is 5.46 Å². The van der Waals surface area contributed by atoms with Crippen molar-refractivity contribution in [2.24, 2.45) is 0 Å². The minimum atomic E-state index is -0.630. The van der Waals surface area contributed by atoms with Crippen molar-refractivity contribution in [3.63, 3.8) is 0 Å². The predicted octanol–water partition coefficient (Wildman–Crippen LogP) is 3.00. The van der Waals surface area contributed by atoms with Gasteiger partial charge in [-0.25, -0.2) is 4.39 Å². The summed E-state index contributed by atoms with van der Waals surface area (Å²) >= 11 is 0. The molecule has 104 valence electrons. The number of hydrogen-bond acceptors (Lipinski definition) is 2. The third kappa shape index (κ3) is 2.44. The van der Waals surface area contributed by atoms with E-state index in [0.717, 1.165) is 17.5 Å². The Morgan fingerprint density at radius 1 is 1.11 bits per heavy atom. The third-order valence-corrected chi connectivity index (χ3v) is 4.34. The third-order valence-electron chi connectivity index (χ3n) is 4.34. The summed E-state index contributed by atoms with van der Waals surface area (Å²) in [5.74, 6) is -0.249. The second-order valence-corrected chi connectivity index (χ2v) is 6.24. The van der Waals surface area contributed by atoms with Crippen molar-refractivity contribution in [3.05, 3.63) is 29.1 Å². The molecule has 2 rings (SSSR count). The van der Waals surface area contributed by atoms with Crippen LogP contribution in [-0.4, -0.2) is 18.3 Å². The summed E-state index contributed by atoms with van der Waals surface area (Å²) in [5, 5.41) is 0. The maximum Gasteiger partial charge on any atom is 0.497 e. The Morgan fingerprint density at radius 2 is 1.63 bits per heavy atom. The number of aryl methyl sites for hydroxylation is 2. The molecule has 1 fully saturated rings. The summed E-state index contributed by atoms with van der Waals surface area (Å²) in [6.45, 7) is 11.9. The Labute approximate surface area is 115 Å². The molecular formula is C15H22BFO2. The van der Waals surface area contributed by atoms with Gasteiger partial charge in [-0.15, -0.1) is 0 Å². The fraction of sp³-hybridized carbons (Fsp3) is 0.600. The zero-order valence-corrected chi connectivity index (χ0v) is 12.6. The van der Waals surface area contributed by atoms with Gasteiger partial charge in [0.15, 0.2) is 0 Å². The van der Waals surface area contributed by atoms with Gasteiger partial charge in [0.2, 0.25) is 0 Å². The van der Waals surface area contributed by atoms with Gasteiger partial charge in [0, 0.05) is 5.46 Å². The maximum atomic E-state index is 14.2. The van der Waals surface area contributed by atoms with Crippen molar-refractivity contribution >= 4 is 12.6 Å². The lowest BCUT2D eigenvalue weighted by atomic mass is 9.77. The van der Waals surface area contributed by atoms with E-state index in [1.165, 1.54) is 0 Å². The van der Waals surface area contributed by atoms with E-state index in [2.05, 4.69) is 0 Å². The van der Waals surface area contributed by atoms with Crippen LogP contribution in [0.5, 0.6) is 0 Å². The van der Waals surface area contributed by atoms with Crippen LogP contribution < -0.4 is 5.46 Å². The molecule has 1 aromatic carbocycles. The number of rotatable bonds is 2. The van der Waals surface area contributed by atoms with Crippen LogP contribution in [0.4, 0.5) is 4.39 Å². The normalized spacial score (nSPS) is 20.9. The molecule has 1 aliphatic heterocycles. The van der Waals surface area contributed by atoms with Crippen molar-refractivity contribution < 1.29 is 13.7 Å². The fourth-order valence-corrected chi connectivity index (χ4v) is 2.28. The van der Waals surface area contributed by atoms with Crippen LogP contribution in [0.1, 0.15) is 45.7 Å². The first-order valence-electron chi connectivity index (χ1n) is 6.82. The molecule has 0 saturated carbocycles. The first-order valence-corrected chi connectivity index (χ1v) is 6.82. The van der Waals surface area contributed by atoms with E-state index >= 15 is 0 Å². The molecule has 1 heterocycles. The van der Waals surface area contributed by atoms with E-state index in [-0.39, 0.29) is 5.82 Å². The van der Waals surface area contributed by atoms with Crippen LogP contribution >= 0.6 is 0 Å². The molecule has 0 bridgehead atoms. The number of benzene rings is 1. The molecule has 0 spiro atoms. The van der Waals surface area contributed by atoms with Crippen LogP contribution in [0.15, 0.2) is 12.1 Å². The van der Waals surface area contributed by atoms with Gasteiger partial charge < -0.3 is 9.31 Å². The quantitative estimate of drug-likeness (QED) is 0.764. The van der Waals surface area contributed by atoms with E-state index in [1.54, 1.807) is 6.07 Å². The van der Waals surface area contributed by atoms with Crippen molar-refractivity contribution in [1.82, 2.24) is 0 Å². The van der Waals surface area contributed by atoms with E-state index in [1.807, 2.05) is 47.6 Å². The van der Waals surface area contributed by atoms with Gasteiger partial charge in [0.05, 0.1) is 11.2 Å². The lowest BCUT2D eigenvalue weighted by Gasteiger charge is -2.32. The minimum absolute atomic E-state index is 0.249. The van der Waals surface area contributed by atoms with Gasteiger partial charge in [0.25, 0.3) is 0 Å². The van der Waals surface area contributed by atoms with Crippen LogP contribution in [0.25, 0.3) is 0 Å². The van der Waals surface area contributed by atoms with Gasteiger partial charge in [-0.1, -0.05) is 13.0 Å². The van der Waals surface area contributed by atoms with Gasteiger partial charge in [-0.2, -0.15) is 0 Å². The first kappa shape index (κ1) is 14.5. The lowest BCUT2D eigenvalue weighted by molar-refractivity contribution is 0.00578. The van der Waals surface area contributed by atoms with Crippen molar-refractivity contribution in [2.75, 3.05) is 0 Å². The van der Waals surface area contributed by atoms with Gasteiger partial charge in [0.1, 0.15) is 5.82 Å². The molecule has 0 aromatic heterocycles. The molecular weight excluding hydrogens is 242 g/mol. The average molecular weight is 264 g/mol. The van der Waals surface area contributed by atoms with Crippen molar-refractivity contribution in [2.45, 2.75) is 59.2 Å². The molecule has 0 unspecified atom stereocenters. The second kappa shape index (κ2) is 4.60. The van der Waals surface area contributed by atoms with E-state index in [9.17, 15) is 4.39 Å². The number of halogens is 1. The molecule has 0 N–H and O–H groups in total. The van der Waals surface area contributed by atoms with Crippen LogP contribution in [-0.2, 0) is 15.7 Å². The van der Waals surface area contributed by atoms with Gasteiger partial charge in [-0.3, -0.25) is 0 Å². The molecule has 1 aliphatic rings. The highest BCUT2D eigenvalue weighted by atomic mass is 19.1. The first-order chi connectivity index (χ1) is 8.68. The van der Waals surface area contributed by atoms with Gasteiger partial charge in [-0.05, 0) is 58.2 Å². The Morgan fingerprint density at radius 3 is 2.11 bits per heavy atom. The van der Waals surface area contributed by atoms with Crippen LogP contribution in [0, 0.1) is 12.7 Å². The topological polar surface area (TPSA) is 18.5 Å². The molecule has 0 atom stereocenters. The zero-order valence-electron chi connectivity index (χ0n) is 12.6. The summed E-state index contributed by atoms with van der Waals surface area (Å²) < 4.78 is 26.0. The fourth-order valence-electron chi connectivity index (χ4n) is 2.28. The summed E-state index contributed by atoms with van der Waals surface area (Å²) in [6, 6.07) is 3.44. The SMILES string of the molecule is CCc1cc(F)c(B2OC(C)(C)C(C)(C)O2)cc1C. The molecule has 2 nitrogen and oxygen atoms in total. The zero-order chi connectivity index (χ0) is 14.4. The minimum Gasteiger partial charge on any atom is -0.399 e. The summed E-state index contributed by atoms with van der Waals surface area (Å²) in [5.41, 5.74) is 1.71. The molecule has 1 saturated heterocycles. The Balaban J connectivity index is 2.37. The smallest absolute Gasteiger partial charge is 0.399 e. The highest BCUT2D eigenvalue weighted by Crippen LogP contribution is 2.36. The average Bonchev–Trinajstić information content (AvgIpc) is 2.50.